The predicted molar refractivity (Wildman–Crippen MR) is 95.5 cm³/mol. The summed E-state index contributed by atoms with van der Waals surface area (Å²) in [5.74, 6) is -0.0862. The first kappa shape index (κ1) is 20.2. The molecule has 0 aromatic rings. The average molecular weight is 325 g/mol. The van der Waals surface area contributed by atoms with Crippen molar-refractivity contribution >= 4 is 5.97 Å². The Kier molecular flexibility index (Phi) is 10.3. The number of unbranched alkanes of at least 4 members (excludes halogenated alkanes) is 7. The molecule has 0 aromatic carbocycles. The summed E-state index contributed by atoms with van der Waals surface area (Å²) in [5, 5.41) is 0. The highest BCUT2D eigenvalue weighted by atomic mass is 16.5. The van der Waals surface area contributed by atoms with Gasteiger partial charge in [-0.05, 0) is 38.2 Å². The number of rotatable bonds is 13. The second-order valence-electron chi connectivity index (χ2n) is 7.12. The summed E-state index contributed by atoms with van der Waals surface area (Å²) in [7, 11) is 1.84. The second kappa shape index (κ2) is 11.7. The third-order valence-corrected chi connectivity index (χ3v) is 4.93. The topological polar surface area (TPSA) is 35.5 Å². The molecule has 0 bridgehead atoms. The summed E-state index contributed by atoms with van der Waals surface area (Å²) in [5.41, 5.74) is 1.14. The van der Waals surface area contributed by atoms with E-state index in [1.54, 1.807) is 0 Å². The minimum Gasteiger partial charge on any atom is -0.461 e. The first-order valence-corrected chi connectivity index (χ1v) is 9.48. The Morgan fingerprint density at radius 1 is 1.09 bits per heavy atom. The molecule has 0 aromatic heterocycles. The molecule has 1 fully saturated rings. The largest absolute Gasteiger partial charge is 0.461 e. The van der Waals surface area contributed by atoms with Gasteiger partial charge >= 0.3 is 5.97 Å². The summed E-state index contributed by atoms with van der Waals surface area (Å²) in [6, 6.07) is 0. The predicted octanol–water partition coefficient (Wildman–Crippen LogP) is 5.58. The van der Waals surface area contributed by atoms with Gasteiger partial charge in [0.1, 0.15) is 6.61 Å². The number of allylic oxidation sites excluding steroid dienone is 1. The minimum absolute atomic E-state index is 0.00389. The number of carbonyl (C=O) groups is 1. The zero-order valence-corrected chi connectivity index (χ0v) is 15.5. The molecule has 3 heteroatoms. The fraction of sp³-hybridized carbons (Fsp3) is 0.850. The van der Waals surface area contributed by atoms with Crippen molar-refractivity contribution in [1.82, 2.24) is 0 Å². The highest BCUT2D eigenvalue weighted by Crippen LogP contribution is 2.26. The first-order chi connectivity index (χ1) is 11.1. The summed E-state index contributed by atoms with van der Waals surface area (Å²) < 4.78 is 10.7. The summed E-state index contributed by atoms with van der Waals surface area (Å²) in [6.45, 7) is 5.00. The van der Waals surface area contributed by atoms with E-state index in [0.717, 1.165) is 31.3 Å². The molecule has 0 aliphatic carbocycles. The normalized spacial score (nSPS) is 19.1. The number of hydrogen-bond acceptors (Lipinski definition) is 3. The van der Waals surface area contributed by atoms with E-state index >= 15 is 0 Å². The minimum atomic E-state index is -0.0862. The molecule has 23 heavy (non-hydrogen) atoms. The van der Waals surface area contributed by atoms with Gasteiger partial charge in [-0.25, -0.2) is 0 Å². The monoisotopic (exact) mass is 324 g/mol. The summed E-state index contributed by atoms with van der Waals surface area (Å²) in [4.78, 5) is 11.0. The molecule has 3 nitrogen and oxygen atoms in total. The van der Waals surface area contributed by atoms with Gasteiger partial charge in [-0.1, -0.05) is 57.9 Å². The maximum Gasteiger partial charge on any atom is 0.310 e. The molecule has 0 spiro atoms. The molecule has 0 radical (unpaired) electrons. The number of ether oxygens (including phenoxy) is 2. The van der Waals surface area contributed by atoms with Crippen LogP contribution in [0.25, 0.3) is 0 Å². The number of methoxy groups -OCH3 is 1. The molecule has 1 aliphatic rings. The molecule has 0 amide bonds. The zero-order valence-electron chi connectivity index (χ0n) is 15.5. The molecular formula is C20H36O3. The van der Waals surface area contributed by atoms with E-state index in [9.17, 15) is 4.79 Å². The number of hydrogen-bond donors (Lipinski definition) is 0. The third-order valence-electron chi connectivity index (χ3n) is 4.93. The van der Waals surface area contributed by atoms with Crippen LogP contribution in [-0.4, -0.2) is 25.3 Å². The Hall–Kier alpha value is -0.830. The Balaban J connectivity index is 2.11. The van der Waals surface area contributed by atoms with Gasteiger partial charge in [0.15, 0.2) is 0 Å². The van der Waals surface area contributed by atoms with Crippen molar-refractivity contribution in [1.29, 1.82) is 0 Å². The van der Waals surface area contributed by atoms with Crippen molar-refractivity contribution in [3.8, 4) is 0 Å². The van der Waals surface area contributed by atoms with E-state index in [1.165, 1.54) is 44.9 Å². The van der Waals surface area contributed by atoms with Crippen molar-refractivity contribution < 1.29 is 14.3 Å². The van der Waals surface area contributed by atoms with Crippen LogP contribution >= 0.6 is 0 Å². The SMILES string of the molecule is CCCCCCCCC[C@](C)(CCCC=C1COC(=O)C1)OC. The van der Waals surface area contributed by atoms with Crippen molar-refractivity contribution in [3.63, 3.8) is 0 Å². The van der Waals surface area contributed by atoms with Crippen LogP contribution in [0.5, 0.6) is 0 Å². The molecule has 0 saturated carbocycles. The maximum absolute atomic E-state index is 11.0. The van der Waals surface area contributed by atoms with Crippen molar-refractivity contribution in [3.05, 3.63) is 11.6 Å². The van der Waals surface area contributed by atoms with E-state index in [4.69, 9.17) is 9.47 Å². The molecule has 1 rings (SSSR count). The molecule has 1 saturated heterocycles. The fourth-order valence-corrected chi connectivity index (χ4v) is 3.16. The molecule has 1 aliphatic heterocycles. The number of carbonyl (C=O) groups excluding carboxylic acids is 1. The van der Waals surface area contributed by atoms with Gasteiger partial charge in [0.2, 0.25) is 0 Å². The lowest BCUT2D eigenvalue weighted by Crippen LogP contribution is -2.27. The van der Waals surface area contributed by atoms with Crippen LogP contribution in [0.15, 0.2) is 11.6 Å². The quantitative estimate of drug-likeness (QED) is 0.252. The Labute approximate surface area is 142 Å². The van der Waals surface area contributed by atoms with E-state index in [0.29, 0.717) is 13.0 Å². The molecule has 0 N–H and O–H groups in total. The second-order valence-corrected chi connectivity index (χ2v) is 7.12. The molecule has 1 atom stereocenters. The van der Waals surface area contributed by atoms with Crippen molar-refractivity contribution in [2.75, 3.05) is 13.7 Å². The van der Waals surface area contributed by atoms with Crippen LogP contribution in [0.1, 0.15) is 90.9 Å². The number of esters is 1. The van der Waals surface area contributed by atoms with Crippen molar-refractivity contribution in [2.24, 2.45) is 0 Å². The lowest BCUT2D eigenvalue weighted by atomic mass is 9.91. The molecular weight excluding hydrogens is 288 g/mol. The Morgan fingerprint density at radius 2 is 1.74 bits per heavy atom. The van der Waals surface area contributed by atoms with E-state index in [2.05, 4.69) is 19.9 Å². The highest BCUT2D eigenvalue weighted by molar-refractivity contribution is 5.75. The smallest absolute Gasteiger partial charge is 0.310 e. The van der Waals surface area contributed by atoms with Gasteiger partial charge in [-0.2, -0.15) is 0 Å². The van der Waals surface area contributed by atoms with Gasteiger partial charge in [0.05, 0.1) is 12.0 Å². The third kappa shape index (κ3) is 9.14. The van der Waals surface area contributed by atoms with E-state index in [1.807, 2.05) is 7.11 Å². The van der Waals surface area contributed by atoms with Gasteiger partial charge in [-0.15, -0.1) is 0 Å². The van der Waals surface area contributed by atoms with E-state index < -0.39 is 0 Å². The average Bonchev–Trinajstić information content (AvgIpc) is 2.96. The molecule has 134 valence electrons. The lowest BCUT2D eigenvalue weighted by molar-refractivity contribution is -0.137. The van der Waals surface area contributed by atoms with Crippen LogP contribution in [-0.2, 0) is 14.3 Å². The number of cyclic esters (lactones) is 1. The van der Waals surface area contributed by atoms with Crippen LogP contribution in [0, 0.1) is 0 Å². The van der Waals surface area contributed by atoms with Crippen molar-refractivity contribution in [2.45, 2.75) is 96.5 Å². The highest BCUT2D eigenvalue weighted by Gasteiger charge is 2.22. The van der Waals surface area contributed by atoms with Gasteiger partial charge in [-0.3, -0.25) is 4.79 Å². The van der Waals surface area contributed by atoms with Crippen LogP contribution < -0.4 is 0 Å². The zero-order chi connectivity index (χ0) is 17.0. The van der Waals surface area contributed by atoms with Gasteiger partial charge < -0.3 is 9.47 Å². The van der Waals surface area contributed by atoms with Gasteiger partial charge in [0, 0.05) is 7.11 Å². The maximum atomic E-state index is 11.0. The van der Waals surface area contributed by atoms with Crippen LogP contribution in [0.3, 0.4) is 0 Å². The summed E-state index contributed by atoms with van der Waals surface area (Å²) in [6.07, 6.45) is 16.4. The molecule has 0 unspecified atom stereocenters. The van der Waals surface area contributed by atoms with E-state index in [-0.39, 0.29) is 11.6 Å². The van der Waals surface area contributed by atoms with Crippen LogP contribution in [0.2, 0.25) is 0 Å². The molecule has 1 heterocycles. The lowest BCUT2D eigenvalue weighted by Gasteiger charge is -2.28. The first-order valence-electron chi connectivity index (χ1n) is 9.48. The Morgan fingerprint density at radius 3 is 2.35 bits per heavy atom. The van der Waals surface area contributed by atoms with Crippen LogP contribution in [0.4, 0.5) is 0 Å². The van der Waals surface area contributed by atoms with Gasteiger partial charge in [0.25, 0.3) is 0 Å². The Bertz CT molecular complexity index is 362. The standard InChI is InChI=1S/C20H36O3/c1-4-5-6-7-8-9-11-14-20(2,22-3)15-12-10-13-18-16-19(21)23-17-18/h13H,4-12,14-17H2,1-3H3/t20-/m1/s1. The fourth-order valence-electron chi connectivity index (χ4n) is 3.16. The summed E-state index contributed by atoms with van der Waals surface area (Å²) >= 11 is 0.